The molecule has 7 nitrogen and oxygen atoms in total. The SMILES string of the molecule is CCCOc1ccc([C@@H]2[C@H]3C(=O)N(c4ccccc4)C(=O)[C@H]3ON2c2ccccc2)cc1OCC. The molecule has 2 saturated heterocycles. The van der Waals surface area contributed by atoms with Crippen molar-refractivity contribution in [2.75, 3.05) is 23.2 Å². The fraction of sp³-hybridized carbons (Fsp3) is 0.286. The highest BCUT2D eigenvalue weighted by Crippen LogP contribution is 2.48. The van der Waals surface area contributed by atoms with Gasteiger partial charge < -0.3 is 9.47 Å². The predicted molar refractivity (Wildman–Crippen MR) is 132 cm³/mol. The van der Waals surface area contributed by atoms with Crippen LogP contribution in [0.3, 0.4) is 0 Å². The van der Waals surface area contributed by atoms with Gasteiger partial charge in [0.25, 0.3) is 5.91 Å². The highest BCUT2D eigenvalue weighted by molar-refractivity contribution is 6.23. The molecule has 0 bridgehead atoms. The molecule has 5 rings (SSSR count). The molecule has 2 aliphatic heterocycles. The molecule has 7 heteroatoms. The normalized spacial score (nSPS) is 21.4. The van der Waals surface area contributed by atoms with Gasteiger partial charge in [0.15, 0.2) is 17.6 Å². The summed E-state index contributed by atoms with van der Waals surface area (Å²) in [5, 5.41) is 1.69. The van der Waals surface area contributed by atoms with Gasteiger partial charge in [0.05, 0.1) is 30.6 Å². The van der Waals surface area contributed by atoms with Crippen LogP contribution in [0, 0.1) is 5.92 Å². The Labute approximate surface area is 204 Å². The summed E-state index contributed by atoms with van der Waals surface area (Å²) in [5.74, 6) is -0.0909. The van der Waals surface area contributed by atoms with E-state index in [-0.39, 0.29) is 11.8 Å². The average molecular weight is 473 g/mol. The number of amides is 2. The van der Waals surface area contributed by atoms with E-state index < -0.39 is 18.1 Å². The van der Waals surface area contributed by atoms with Gasteiger partial charge in [0.2, 0.25) is 5.91 Å². The molecule has 3 atom stereocenters. The van der Waals surface area contributed by atoms with Crippen molar-refractivity contribution >= 4 is 23.2 Å². The van der Waals surface area contributed by atoms with Crippen LogP contribution >= 0.6 is 0 Å². The van der Waals surface area contributed by atoms with Crippen molar-refractivity contribution in [2.24, 2.45) is 5.92 Å². The van der Waals surface area contributed by atoms with Gasteiger partial charge in [-0.2, -0.15) is 0 Å². The van der Waals surface area contributed by atoms with Crippen LogP contribution in [0.1, 0.15) is 31.9 Å². The van der Waals surface area contributed by atoms with Crippen LogP contribution in [0.15, 0.2) is 78.9 Å². The number of benzene rings is 3. The van der Waals surface area contributed by atoms with Crippen molar-refractivity contribution in [3.05, 3.63) is 84.4 Å². The number of anilines is 2. The van der Waals surface area contributed by atoms with Crippen LogP contribution in [0.25, 0.3) is 0 Å². The number of nitrogens with zero attached hydrogens (tertiary/aromatic N) is 2. The first-order valence-electron chi connectivity index (χ1n) is 12.0. The van der Waals surface area contributed by atoms with Gasteiger partial charge >= 0.3 is 0 Å². The van der Waals surface area contributed by atoms with Gasteiger partial charge in [-0.1, -0.05) is 49.4 Å². The Kier molecular flexibility index (Phi) is 6.42. The Bertz CT molecular complexity index is 1200. The van der Waals surface area contributed by atoms with Crippen LogP contribution in [0.5, 0.6) is 11.5 Å². The fourth-order valence-corrected chi connectivity index (χ4v) is 4.69. The summed E-state index contributed by atoms with van der Waals surface area (Å²) in [6.45, 7) is 5.01. The van der Waals surface area contributed by atoms with E-state index in [1.807, 2.05) is 80.6 Å². The van der Waals surface area contributed by atoms with Crippen molar-refractivity contribution in [3.8, 4) is 11.5 Å². The molecule has 2 fully saturated rings. The molecule has 0 saturated carbocycles. The van der Waals surface area contributed by atoms with Crippen LogP contribution in [-0.4, -0.2) is 31.1 Å². The van der Waals surface area contributed by atoms with Gasteiger partial charge in [-0.15, -0.1) is 0 Å². The zero-order chi connectivity index (χ0) is 24.4. The third-order valence-corrected chi connectivity index (χ3v) is 6.21. The maximum Gasteiger partial charge on any atom is 0.266 e. The van der Waals surface area contributed by atoms with Crippen molar-refractivity contribution in [1.29, 1.82) is 0 Å². The minimum atomic E-state index is -0.917. The third-order valence-electron chi connectivity index (χ3n) is 6.21. The molecule has 0 spiro atoms. The molecule has 0 N–H and O–H groups in total. The summed E-state index contributed by atoms with van der Waals surface area (Å²) >= 11 is 0. The number of ether oxygens (including phenoxy) is 2. The largest absolute Gasteiger partial charge is 0.490 e. The van der Waals surface area contributed by atoms with Gasteiger partial charge in [-0.3, -0.25) is 14.4 Å². The standard InChI is InChI=1S/C28H28N2O5/c1-3-17-34-22-16-15-19(18-23(22)33-4-2)25-24-26(35-30(25)21-13-9-6-10-14-21)28(32)29(27(24)31)20-11-7-5-8-12-20/h5-16,18,24-26H,3-4,17H2,1-2H3/t24-,25-,26+/m1/s1. The molecule has 0 aromatic heterocycles. The molecule has 2 heterocycles. The number of rotatable bonds is 8. The summed E-state index contributed by atoms with van der Waals surface area (Å²) < 4.78 is 11.7. The van der Waals surface area contributed by atoms with Crippen molar-refractivity contribution in [2.45, 2.75) is 32.4 Å². The highest BCUT2D eigenvalue weighted by Gasteiger charge is 2.60. The minimum Gasteiger partial charge on any atom is -0.490 e. The van der Waals surface area contributed by atoms with E-state index in [4.69, 9.17) is 14.3 Å². The molecule has 0 radical (unpaired) electrons. The number of para-hydroxylation sites is 2. The number of fused-ring (bicyclic) bond motifs is 1. The van der Waals surface area contributed by atoms with Crippen LogP contribution in [0.2, 0.25) is 0 Å². The molecule has 0 aliphatic carbocycles. The highest BCUT2D eigenvalue weighted by atomic mass is 16.7. The van der Waals surface area contributed by atoms with Gasteiger partial charge in [0, 0.05) is 0 Å². The van der Waals surface area contributed by atoms with E-state index in [9.17, 15) is 9.59 Å². The monoisotopic (exact) mass is 472 g/mol. The molecule has 2 aliphatic rings. The first-order valence-corrected chi connectivity index (χ1v) is 12.0. The number of carbonyl (C=O) groups excluding carboxylic acids is 2. The quantitative estimate of drug-likeness (QED) is 0.433. The zero-order valence-electron chi connectivity index (χ0n) is 19.8. The van der Waals surface area contributed by atoms with E-state index in [0.717, 1.165) is 17.7 Å². The van der Waals surface area contributed by atoms with E-state index in [0.29, 0.717) is 30.4 Å². The second kappa shape index (κ2) is 9.80. The number of carbonyl (C=O) groups is 2. The van der Waals surface area contributed by atoms with Crippen LogP contribution in [-0.2, 0) is 14.4 Å². The number of hydrogen-bond acceptors (Lipinski definition) is 6. The van der Waals surface area contributed by atoms with Crippen molar-refractivity contribution in [3.63, 3.8) is 0 Å². The first kappa shape index (κ1) is 22.9. The number of hydrogen-bond donors (Lipinski definition) is 0. The summed E-state index contributed by atoms with van der Waals surface area (Å²) in [7, 11) is 0. The fourth-order valence-electron chi connectivity index (χ4n) is 4.69. The lowest BCUT2D eigenvalue weighted by Crippen LogP contribution is -2.37. The summed E-state index contributed by atoms with van der Waals surface area (Å²) in [4.78, 5) is 34.6. The number of hydroxylamine groups is 1. The maximum absolute atomic E-state index is 13.7. The Morgan fingerprint density at radius 2 is 1.49 bits per heavy atom. The maximum atomic E-state index is 13.7. The van der Waals surface area contributed by atoms with Gasteiger partial charge in [-0.25, -0.2) is 9.96 Å². The van der Waals surface area contributed by atoms with E-state index in [2.05, 4.69) is 0 Å². The Hall–Kier alpha value is -3.84. The lowest BCUT2D eigenvalue weighted by molar-refractivity contribution is -0.126. The molecule has 35 heavy (non-hydrogen) atoms. The lowest BCUT2D eigenvalue weighted by atomic mass is 9.90. The third kappa shape index (κ3) is 4.12. The smallest absolute Gasteiger partial charge is 0.266 e. The summed E-state index contributed by atoms with van der Waals surface area (Å²) in [6, 6.07) is 23.7. The van der Waals surface area contributed by atoms with E-state index in [1.165, 1.54) is 4.90 Å². The van der Waals surface area contributed by atoms with Crippen LogP contribution in [0.4, 0.5) is 11.4 Å². The molecular formula is C28H28N2O5. The number of imide groups is 1. The first-order chi connectivity index (χ1) is 17.1. The zero-order valence-corrected chi connectivity index (χ0v) is 19.8. The summed E-state index contributed by atoms with van der Waals surface area (Å²) in [6.07, 6.45) is -0.0409. The van der Waals surface area contributed by atoms with E-state index in [1.54, 1.807) is 17.2 Å². The molecule has 3 aromatic rings. The molecular weight excluding hydrogens is 444 g/mol. The van der Waals surface area contributed by atoms with Gasteiger partial charge in [-0.05, 0) is 55.3 Å². The van der Waals surface area contributed by atoms with Crippen LogP contribution < -0.4 is 19.4 Å². The van der Waals surface area contributed by atoms with E-state index >= 15 is 0 Å². The van der Waals surface area contributed by atoms with Crippen molar-refractivity contribution < 1.29 is 23.9 Å². The molecule has 180 valence electrons. The molecule has 2 amide bonds. The lowest BCUT2D eigenvalue weighted by Gasteiger charge is -2.29. The Balaban J connectivity index is 1.57. The second-order valence-corrected chi connectivity index (χ2v) is 8.49. The average Bonchev–Trinajstić information content (AvgIpc) is 3.40. The minimum absolute atomic E-state index is 0.279. The Morgan fingerprint density at radius 3 is 2.14 bits per heavy atom. The summed E-state index contributed by atoms with van der Waals surface area (Å²) in [5.41, 5.74) is 2.12. The van der Waals surface area contributed by atoms with Crippen molar-refractivity contribution in [1.82, 2.24) is 0 Å². The topological polar surface area (TPSA) is 68.3 Å². The van der Waals surface area contributed by atoms with Gasteiger partial charge in [0.1, 0.15) is 5.92 Å². The Morgan fingerprint density at radius 1 is 0.800 bits per heavy atom. The molecule has 3 aromatic carbocycles. The molecule has 0 unspecified atom stereocenters. The second-order valence-electron chi connectivity index (χ2n) is 8.49. The predicted octanol–water partition coefficient (Wildman–Crippen LogP) is 4.93.